The summed E-state index contributed by atoms with van der Waals surface area (Å²) in [5.41, 5.74) is 7.23. The Balaban J connectivity index is 2.60. The number of hydrogen-bond donors (Lipinski definition) is 1. The summed E-state index contributed by atoms with van der Waals surface area (Å²) in [7, 11) is 0. The number of aromatic nitrogens is 2. The van der Waals surface area contributed by atoms with Gasteiger partial charge in [-0.25, -0.2) is 4.98 Å². The first-order chi connectivity index (χ1) is 7.70. The van der Waals surface area contributed by atoms with Crippen LogP contribution >= 0.6 is 11.8 Å². The first-order valence-electron chi connectivity index (χ1n) is 6.05. The highest BCUT2D eigenvalue weighted by molar-refractivity contribution is 7.99. The summed E-state index contributed by atoms with van der Waals surface area (Å²) in [6.45, 7) is 6.55. The normalized spacial score (nSPS) is 15.0. The van der Waals surface area contributed by atoms with Gasteiger partial charge < -0.3 is 10.3 Å². The maximum absolute atomic E-state index is 6.07. The van der Waals surface area contributed by atoms with Crippen molar-refractivity contribution in [2.45, 2.75) is 45.7 Å². The van der Waals surface area contributed by atoms with E-state index >= 15 is 0 Å². The minimum atomic E-state index is 0.115. The van der Waals surface area contributed by atoms with Crippen molar-refractivity contribution >= 4 is 11.8 Å². The first-order valence-corrected chi connectivity index (χ1v) is 7.21. The van der Waals surface area contributed by atoms with Crippen LogP contribution in [0.4, 0.5) is 0 Å². The van der Waals surface area contributed by atoms with Crippen LogP contribution in [0.15, 0.2) is 12.5 Å². The smallest absolute Gasteiger partial charge is 0.0951 e. The van der Waals surface area contributed by atoms with Crippen molar-refractivity contribution in [1.29, 1.82) is 0 Å². The Kier molecular flexibility index (Phi) is 5.91. The predicted molar refractivity (Wildman–Crippen MR) is 71.8 cm³/mol. The van der Waals surface area contributed by atoms with Crippen LogP contribution in [0.3, 0.4) is 0 Å². The number of thioether (sulfide) groups is 1. The van der Waals surface area contributed by atoms with Crippen molar-refractivity contribution in [2.24, 2.45) is 5.73 Å². The highest BCUT2D eigenvalue weighted by Crippen LogP contribution is 2.21. The lowest BCUT2D eigenvalue weighted by molar-refractivity contribution is 0.492. The van der Waals surface area contributed by atoms with Gasteiger partial charge >= 0.3 is 0 Å². The molecule has 0 aliphatic carbocycles. The fourth-order valence-corrected chi connectivity index (χ4v) is 2.51. The SMILES string of the molecule is CCSCCC(C)n1cncc1[C@H](N)CC. The van der Waals surface area contributed by atoms with Gasteiger partial charge in [0.25, 0.3) is 0 Å². The van der Waals surface area contributed by atoms with Crippen LogP contribution in [0.2, 0.25) is 0 Å². The quantitative estimate of drug-likeness (QED) is 0.746. The fourth-order valence-electron chi connectivity index (χ4n) is 1.72. The molecule has 0 fully saturated rings. The van der Waals surface area contributed by atoms with Gasteiger partial charge in [0.2, 0.25) is 0 Å². The third-order valence-corrected chi connectivity index (χ3v) is 3.81. The maximum Gasteiger partial charge on any atom is 0.0951 e. The van der Waals surface area contributed by atoms with E-state index in [1.165, 1.54) is 17.9 Å². The highest BCUT2D eigenvalue weighted by atomic mass is 32.2. The Hall–Kier alpha value is -0.480. The van der Waals surface area contributed by atoms with E-state index in [0.29, 0.717) is 6.04 Å². The molecule has 1 unspecified atom stereocenters. The van der Waals surface area contributed by atoms with Gasteiger partial charge in [-0.2, -0.15) is 11.8 Å². The molecule has 0 aliphatic rings. The molecule has 3 nitrogen and oxygen atoms in total. The van der Waals surface area contributed by atoms with Gasteiger partial charge in [0.1, 0.15) is 0 Å². The molecule has 0 spiro atoms. The van der Waals surface area contributed by atoms with Crippen molar-refractivity contribution in [1.82, 2.24) is 9.55 Å². The number of nitrogens with zero attached hydrogens (tertiary/aromatic N) is 2. The summed E-state index contributed by atoms with van der Waals surface area (Å²) in [6, 6.07) is 0.609. The number of nitrogens with two attached hydrogens (primary N) is 1. The molecular weight excluding hydrogens is 218 g/mol. The second kappa shape index (κ2) is 6.97. The van der Waals surface area contributed by atoms with E-state index in [2.05, 4.69) is 30.3 Å². The van der Waals surface area contributed by atoms with E-state index in [0.717, 1.165) is 12.1 Å². The minimum Gasteiger partial charge on any atom is -0.330 e. The molecule has 0 aliphatic heterocycles. The Morgan fingerprint density at radius 3 is 2.88 bits per heavy atom. The summed E-state index contributed by atoms with van der Waals surface area (Å²) >= 11 is 1.99. The van der Waals surface area contributed by atoms with Crippen molar-refractivity contribution in [3.05, 3.63) is 18.2 Å². The number of hydrogen-bond acceptors (Lipinski definition) is 3. The van der Waals surface area contributed by atoms with Crippen LogP contribution < -0.4 is 5.73 Å². The molecule has 16 heavy (non-hydrogen) atoms. The van der Waals surface area contributed by atoms with E-state index in [1.807, 2.05) is 24.3 Å². The van der Waals surface area contributed by atoms with Gasteiger partial charge in [0.05, 0.1) is 12.0 Å². The minimum absolute atomic E-state index is 0.115. The molecule has 92 valence electrons. The average Bonchev–Trinajstić information content (AvgIpc) is 2.77. The lowest BCUT2D eigenvalue weighted by atomic mass is 10.1. The molecule has 1 rings (SSSR count). The van der Waals surface area contributed by atoms with E-state index in [-0.39, 0.29) is 6.04 Å². The summed E-state index contributed by atoms with van der Waals surface area (Å²) in [5, 5.41) is 0. The first kappa shape index (κ1) is 13.6. The summed E-state index contributed by atoms with van der Waals surface area (Å²) in [4.78, 5) is 4.22. The lowest BCUT2D eigenvalue weighted by Crippen LogP contribution is -2.17. The van der Waals surface area contributed by atoms with Crippen molar-refractivity contribution in [3.63, 3.8) is 0 Å². The molecular formula is C12H23N3S. The highest BCUT2D eigenvalue weighted by Gasteiger charge is 2.13. The predicted octanol–water partition coefficient (Wildman–Crippen LogP) is 3.00. The monoisotopic (exact) mass is 241 g/mol. The van der Waals surface area contributed by atoms with E-state index in [9.17, 15) is 0 Å². The molecule has 1 heterocycles. The molecule has 4 heteroatoms. The molecule has 0 bridgehead atoms. The van der Waals surface area contributed by atoms with Gasteiger partial charge in [-0.15, -0.1) is 0 Å². The molecule has 0 amide bonds. The van der Waals surface area contributed by atoms with Crippen LogP contribution in [0.1, 0.15) is 51.4 Å². The molecule has 2 N–H and O–H groups in total. The Bertz CT molecular complexity index is 298. The largest absolute Gasteiger partial charge is 0.330 e. The lowest BCUT2D eigenvalue weighted by Gasteiger charge is -2.19. The topological polar surface area (TPSA) is 43.8 Å². The molecule has 1 aromatic heterocycles. The van der Waals surface area contributed by atoms with Crippen molar-refractivity contribution in [2.75, 3.05) is 11.5 Å². The van der Waals surface area contributed by atoms with Gasteiger partial charge in [0, 0.05) is 18.3 Å². The fraction of sp³-hybridized carbons (Fsp3) is 0.750. The van der Waals surface area contributed by atoms with Crippen LogP contribution in [-0.2, 0) is 0 Å². The Morgan fingerprint density at radius 2 is 2.25 bits per heavy atom. The zero-order chi connectivity index (χ0) is 12.0. The summed E-state index contributed by atoms with van der Waals surface area (Å²) < 4.78 is 2.23. The standard InChI is InChI=1S/C12H23N3S/c1-4-11(13)12-8-14-9-15(12)10(3)6-7-16-5-2/h8-11H,4-7,13H2,1-3H3/t10?,11-/m1/s1. The molecule has 0 radical (unpaired) electrons. The van der Waals surface area contributed by atoms with Crippen LogP contribution in [0, 0.1) is 0 Å². The van der Waals surface area contributed by atoms with Gasteiger partial charge in [0.15, 0.2) is 0 Å². The number of rotatable bonds is 7. The van der Waals surface area contributed by atoms with E-state index in [1.54, 1.807) is 0 Å². The third-order valence-electron chi connectivity index (χ3n) is 2.87. The second-order valence-corrected chi connectivity index (χ2v) is 5.47. The average molecular weight is 241 g/mol. The zero-order valence-electron chi connectivity index (χ0n) is 10.5. The number of imidazole rings is 1. The molecule has 0 saturated heterocycles. The molecule has 1 aromatic rings. The molecule has 0 saturated carbocycles. The van der Waals surface area contributed by atoms with Crippen molar-refractivity contribution in [3.8, 4) is 0 Å². The zero-order valence-corrected chi connectivity index (χ0v) is 11.3. The van der Waals surface area contributed by atoms with Gasteiger partial charge in [-0.1, -0.05) is 13.8 Å². The summed E-state index contributed by atoms with van der Waals surface area (Å²) in [5.74, 6) is 2.40. The van der Waals surface area contributed by atoms with E-state index in [4.69, 9.17) is 5.73 Å². The summed E-state index contributed by atoms with van der Waals surface area (Å²) in [6.07, 6.45) is 5.95. The molecule has 2 atom stereocenters. The van der Waals surface area contributed by atoms with Crippen molar-refractivity contribution < 1.29 is 0 Å². The van der Waals surface area contributed by atoms with Crippen LogP contribution in [0.25, 0.3) is 0 Å². The van der Waals surface area contributed by atoms with Gasteiger partial charge in [-0.3, -0.25) is 0 Å². The van der Waals surface area contributed by atoms with Crippen LogP contribution in [-0.4, -0.2) is 21.1 Å². The van der Waals surface area contributed by atoms with E-state index < -0.39 is 0 Å². The molecule has 0 aromatic carbocycles. The maximum atomic E-state index is 6.07. The Morgan fingerprint density at radius 1 is 1.50 bits per heavy atom. The van der Waals surface area contributed by atoms with Crippen LogP contribution in [0.5, 0.6) is 0 Å². The third kappa shape index (κ3) is 3.52. The second-order valence-electron chi connectivity index (χ2n) is 4.08. The van der Waals surface area contributed by atoms with Gasteiger partial charge in [-0.05, 0) is 31.3 Å². The Labute approximate surface area is 103 Å².